The molecule has 1 amide bonds. The van der Waals surface area contributed by atoms with Gasteiger partial charge in [0.05, 0.1) is 0 Å². The maximum atomic E-state index is 12.0. The summed E-state index contributed by atoms with van der Waals surface area (Å²) in [7, 11) is 1.82. The first-order valence-electron chi connectivity index (χ1n) is 7.44. The third-order valence-corrected chi connectivity index (χ3v) is 4.20. The summed E-state index contributed by atoms with van der Waals surface area (Å²) in [6.07, 6.45) is 9.08. The van der Waals surface area contributed by atoms with Crippen molar-refractivity contribution in [1.82, 2.24) is 24.4 Å². The Labute approximate surface area is 124 Å². The Bertz CT molecular complexity index is 638. The molecule has 1 fully saturated rings. The van der Waals surface area contributed by atoms with E-state index < -0.39 is 0 Å². The Balaban J connectivity index is 1.59. The number of nitrogens with zero attached hydrogens (tertiary/aromatic N) is 4. The fraction of sp³-hybridized carbons (Fsp3) is 0.533. The first-order valence-corrected chi connectivity index (χ1v) is 7.44. The van der Waals surface area contributed by atoms with E-state index in [9.17, 15) is 4.79 Å². The van der Waals surface area contributed by atoms with Crippen molar-refractivity contribution < 1.29 is 4.79 Å². The zero-order valence-corrected chi connectivity index (χ0v) is 12.5. The minimum atomic E-state index is -0.134. The highest BCUT2D eigenvalue weighted by Crippen LogP contribution is 2.35. The second kappa shape index (κ2) is 5.71. The molecule has 6 nitrogen and oxygen atoms in total. The fourth-order valence-electron chi connectivity index (χ4n) is 2.71. The van der Waals surface area contributed by atoms with Crippen molar-refractivity contribution in [3.05, 3.63) is 35.9 Å². The van der Waals surface area contributed by atoms with Crippen LogP contribution in [0, 0.1) is 6.92 Å². The van der Waals surface area contributed by atoms with Crippen LogP contribution in [0.1, 0.15) is 47.3 Å². The highest BCUT2D eigenvalue weighted by molar-refractivity contribution is 5.90. The van der Waals surface area contributed by atoms with Crippen molar-refractivity contribution in [2.24, 2.45) is 7.05 Å². The first kappa shape index (κ1) is 13.9. The van der Waals surface area contributed by atoms with Crippen LogP contribution < -0.4 is 5.32 Å². The standard InChI is InChI=1S/C15H21N5O/c1-11-10-18-13(12-4-3-5-12)20(11)9-7-17-15(21)14-16-6-8-19(14)2/h6,8,10,12H,3-5,7,9H2,1-2H3,(H,17,21). The summed E-state index contributed by atoms with van der Waals surface area (Å²) in [5.41, 5.74) is 1.16. The van der Waals surface area contributed by atoms with Gasteiger partial charge in [-0.25, -0.2) is 9.97 Å². The number of aromatic nitrogens is 4. The van der Waals surface area contributed by atoms with E-state index in [-0.39, 0.29) is 5.91 Å². The van der Waals surface area contributed by atoms with Gasteiger partial charge in [-0.2, -0.15) is 0 Å². The van der Waals surface area contributed by atoms with Crippen LogP contribution >= 0.6 is 0 Å². The SMILES string of the molecule is Cc1cnc(C2CCC2)n1CCNC(=O)c1nccn1C. The van der Waals surface area contributed by atoms with E-state index in [1.165, 1.54) is 25.1 Å². The summed E-state index contributed by atoms with van der Waals surface area (Å²) in [6.45, 7) is 3.41. The van der Waals surface area contributed by atoms with Gasteiger partial charge in [-0.15, -0.1) is 0 Å². The Morgan fingerprint density at radius 1 is 1.43 bits per heavy atom. The average molecular weight is 287 g/mol. The third kappa shape index (κ3) is 2.70. The molecule has 0 aromatic carbocycles. The van der Waals surface area contributed by atoms with E-state index in [0.717, 1.165) is 12.2 Å². The van der Waals surface area contributed by atoms with E-state index >= 15 is 0 Å². The van der Waals surface area contributed by atoms with Gasteiger partial charge in [0.2, 0.25) is 0 Å². The van der Waals surface area contributed by atoms with Crippen molar-refractivity contribution in [1.29, 1.82) is 0 Å². The summed E-state index contributed by atoms with van der Waals surface area (Å²) in [5.74, 6) is 2.08. The number of imidazole rings is 2. The molecular weight excluding hydrogens is 266 g/mol. The van der Waals surface area contributed by atoms with Crippen LogP contribution in [0.2, 0.25) is 0 Å². The zero-order chi connectivity index (χ0) is 14.8. The lowest BCUT2D eigenvalue weighted by atomic mass is 9.85. The molecule has 1 N–H and O–H groups in total. The summed E-state index contributed by atoms with van der Waals surface area (Å²) >= 11 is 0. The number of rotatable bonds is 5. The van der Waals surface area contributed by atoms with Gasteiger partial charge in [-0.05, 0) is 19.8 Å². The molecule has 0 unspecified atom stereocenters. The summed E-state index contributed by atoms with van der Waals surface area (Å²) in [6, 6.07) is 0. The molecule has 1 saturated carbocycles. The lowest BCUT2D eigenvalue weighted by Crippen LogP contribution is -2.30. The van der Waals surface area contributed by atoms with E-state index in [4.69, 9.17) is 0 Å². The van der Waals surface area contributed by atoms with Crippen molar-refractivity contribution in [3.8, 4) is 0 Å². The minimum Gasteiger partial charge on any atom is -0.348 e. The van der Waals surface area contributed by atoms with Crippen molar-refractivity contribution in [2.45, 2.75) is 38.6 Å². The first-order chi connectivity index (χ1) is 10.2. The van der Waals surface area contributed by atoms with E-state index in [1.54, 1.807) is 17.0 Å². The maximum Gasteiger partial charge on any atom is 0.287 e. The summed E-state index contributed by atoms with van der Waals surface area (Å²) in [4.78, 5) is 20.6. The van der Waals surface area contributed by atoms with Gasteiger partial charge < -0.3 is 14.5 Å². The van der Waals surface area contributed by atoms with Gasteiger partial charge in [0.25, 0.3) is 5.91 Å². The molecule has 112 valence electrons. The highest BCUT2D eigenvalue weighted by atomic mass is 16.2. The molecule has 1 aliphatic carbocycles. The predicted molar refractivity (Wildman–Crippen MR) is 79.1 cm³/mol. The number of carbonyl (C=O) groups excluding carboxylic acids is 1. The number of amides is 1. The van der Waals surface area contributed by atoms with Gasteiger partial charge in [-0.3, -0.25) is 4.79 Å². The fourth-order valence-corrected chi connectivity index (χ4v) is 2.71. The van der Waals surface area contributed by atoms with Crippen LogP contribution in [-0.4, -0.2) is 31.6 Å². The second-order valence-electron chi connectivity index (χ2n) is 5.65. The van der Waals surface area contributed by atoms with E-state index in [1.807, 2.05) is 13.2 Å². The molecule has 2 aromatic heterocycles. The van der Waals surface area contributed by atoms with Gasteiger partial charge in [-0.1, -0.05) is 6.42 Å². The summed E-state index contributed by atoms with van der Waals surface area (Å²) < 4.78 is 3.94. The molecule has 2 aromatic rings. The van der Waals surface area contributed by atoms with E-state index in [0.29, 0.717) is 18.3 Å². The molecular formula is C15H21N5O. The Hall–Kier alpha value is -2.11. The topological polar surface area (TPSA) is 64.7 Å². The minimum absolute atomic E-state index is 0.134. The van der Waals surface area contributed by atoms with Crippen LogP contribution in [0.4, 0.5) is 0 Å². The number of hydrogen-bond acceptors (Lipinski definition) is 3. The Morgan fingerprint density at radius 3 is 2.86 bits per heavy atom. The van der Waals surface area contributed by atoms with Gasteiger partial charge in [0.15, 0.2) is 5.82 Å². The normalized spacial score (nSPS) is 15.0. The second-order valence-corrected chi connectivity index (χ2v) is 5.65. The largest absolute Gasteiger partial charge is 0.348 e. The lowest BCUT2D eigenvalue weighted by molar-refractivity contribution is 0.0938. The summed E-state index contributed by atoms with van der Waals surface area (Å²) in [5, 5.41) is 2.92. The van der Waals surface area contributed by atoms with Crippen molar-refractivity contribution in [3.63, 3.8) is 0 Å². The number of nitrogens with one attached hydrogen (secondary N) is 1. The van der Waals surface area contributed by atoms with Gasteiger partial charge in [0.1, 0.15) is 5.82 Å². The van der Waals surface area contributed by atoms with Crippen LogP contribution in [0.5, 0.6) is 0 Å². The number of carbonyl (C=O) groups is 1. The Kier molecular flexibility index (Phi) is 3.77. The van der Waals surface area contributed by atoms with E-state index in [2.05, 4.69) is 26.8 Å². The molecule has 1 aliphatic rings. The molecule has 21 heavy (non-hydrogen) atoms. The Morgan fingerprint density at radius 2 is 2.24 bits per heavy atom. The highest BCUT2D eigenvalue weighted by Gasteiger charge is 2.24. The van der Waals surface area contributed by atoms with Crippen LogP contribution in [0.15, 0.2) is 18.6 Å². The van der Waals surface area contributed by atoms with Crippen LogP contribution in [0.25, 0.3) is 0 Å². The molecule has 0 spiro atoms. The van der Waals surface area contributed by atoms with Crippen LogP contribution in [-0.2, 0) is 13.6 Å². The quantitative estimate of drug-likeness (QED) is 0.909. The molecule has 6 heteroatoms. The average Bonchev–Trinajstić information content (AvgIpc) is 2.96. The van der Waals surface area contributed by atoms with Gasteiger partial charge in [0, 0.05) is 50.3 Å². The predicted octanol–water partition coefficient (Wildman–Crippen LogP) is 1.62. The van der Waals surface area contributed by atoms with Crippen molar-refractivity contribution >= 4 is 5.91 Å². The molecule has 0 aliphatic heterocycles. The molecule has 0 atom stereocenters. The van der Waals surface area contributed by atoms with Crippen LogP contribution in [0.3, 0.4) is 0 Å². The zero-order valence-electron chi connectivity index (χ0n) is 12.5. The van der Waals surface area contributed by atoms with Gasteiger partial charge >= 0.3 is 0 Å². The monoisotopic (exact) mass is 287 g/mol. The number of aryl methyl sites for hydroxylation is 2. The molecule has 0 saturated heterocycles. The maximum absolute atomic E-state index is 12.0. The molecule has 2 heterocycles. The molecule has 0 radical (unpaired) electrons. The molecule has 3 rings (SSSR count). The third-order valence-electron chi connectivity index (χ3n) is 4.20. The smallest absolute Gasteiger partial charge is 0.287 e. The van der Waals surface area contributed by atoms with Crippen molar-refractivity contribution in [2.75, 3.05) is 6.54 Å². The lowest BCUT2D eigenvalue weighted by Gasteiger charge is -2.26. The number of hydrogen-bond donors (Lipinski definition) is 1. The molecule has 0 bridgehead atoms.